The summed E-state index contributed by atoms with van der Waals surface area (Å²) in [6, 6.07) is 7.49. The van der Waals surface area contributed by atoms with Gasteiger partial charge in [-0.15, -0.1) is 0 Å². The zero-order valence-electron chi connectivity index (χ0n) is 10.2. The smallest absolute Gasteiger partial charge is 0.306 e. The number of anilines is 1. The summed E-state index contributed by atoms with van der Waals surface area (Å²) in [5.41, 5.74) is 2.01. The van der Waals surface area contributed by atoms with Crippen LogP contribution in [0, 0.1) is 0 Å². The van der Waals surface area contributed by atoms with E-state index < -0.39 is 0 Å². The second kappa shape index (κ2) is 5.51. The minimum Gasteiger partial charge on any atom is -0.306 e. The number of hydrogen-bond donors (Lipinski definition) is 1. The molecule has 0 spiro atoms. The zero-order valence-corrected chi connectivity index (χ0v) is 10.2. The first-order valence-electron chi connectivity index (χ1n) is 5.23. The first kappa shape index (κ1) is 12.5. The van der Waals surface area contributed by atoms with E-state index in [1.165, 1.54) is 12.7 Å². The van der Waals surface area contributed by atoms with Crippen LogP contribution < -0.4 is 5.32 Å². The fourth-order valence-electron chi connectivity index (χ4n) is 1.24. The molecule has 0 atom stereocenters. The van der Waals surface area contributed by atoms with Crippen LogP contribution in [0.25, 0.3) is 0 Å². The van der Waals surface area contributed by atoms with Crippen LogP contribution in [0.5, 0.6) is 0 Å². The fourth-order valence-corrected chi connectivity index (χ4v) is 1.24. The second-order valence-electron chi connectivity index (χ2n) is 3.89. The highest BCUT2D eigenvalue weighted by Crippen LogP contribution is 2.17. The number of carbonyl (C=O) groups is 1. The topological polar surface area (TPSA) is 41.6 Å². The van der Waals surface area contributed by atoms with E-state index >= 15 is 0 Å². The van der Waals surface area contributed by atoms with Gasteiger partial charge in [-0.25, -0.2) is 9.86 Å². The third-order valence-corrected chi connectivity index (χ3v) is 2.39. The van der Waals surface area contributed by atoms with Crippen LogP contribution in [0.15, 0.2) is 24.3 Å². The monoisotopic (exact) mass is 222 g/mol. The number of rotatable bonds is 3. The molecule has 0 saturated heterocycles. The van der Waals surface area contributed by atoms with Gasteiger partial charge in [0.1, 0.15) is 0 Å². The number of nitrogens with zero attached hydrogens (tertiary/aromatic N) is 1. The molecular weight excluding hydrogens is 204 g/mol. The van der Waals surface area contributed by atoms with Crippen molar-refractivity contribution in [3.63, 3.8) is 0 Å². The molecule has 0 fully saturated rings. The van der Waals surface area contributed by atoms with Crippen LogP contribution in [0.2, 0.25) is 0 Å². The van der Waals surface area contributed by atoms with E-state index in [0.717, 1.165) is 10.8 Å². The molecule has 0 aliphatic rings. The number of benzene rings is 1. The summed E-state index contributed by atoms with van der Waals surface area (Å²) in [5.74, 6) is 0.492. The molecule has 0 aliphatic heterocycles. The zero-order chi connectivity index (χ0) is 12.1. The van der Waals surface area contributed by atoms with Gasteiger partial charge in [-0.05, 0) is 23.6 Å². The maximum atomic E-state index is 11.5. The van der Waals surface area contributed by atoms with Crippen molar-refractivity contribution in [1.29, 1.82) is 0 Å². The van der Waals surface area contributed by atoms with E-state index in [9.17, 15) is 4.79 Å². The van der Waals surface area contributed by atoms with Gasteiger partial charge >= 0.3 is 6.03 Å². The van der Waals surface area contributed by atoms with E-state index in [4.69, 9.17) is 4.84 Å². The van der Waals surface area contributed by atoms with Crippen LogP contribution in [0.3, 0.4) is 0 Å². The van der Waals surface area contributed by atoms with Crippen molar-refractivity contribution in [1.82, 2.24) is 5.06 Å². The average molecular weight is 222 g/mol. The van der Waals surface area contributed by atoms with Crippen LogP contribution in [-0.2, 0) is 4.84 Å². The van der Waals surface area contributed by atoms with Crippen molar-refractivity contribution >= 4 is 11.7 Å². The Morgan fingerprint density at radius 1 is 1.31 bits per heavy atom. The van der Waals surface area contributed by atoms with Crippen molar-refractivity contribution in [2.75, 3.05) is 19.5 Å². The highest BCUT2D eigenvalue weighted by molar-refractivity contribution is 5.88. The number of carbonyl (C=O) groups excluding carboxylic acids is 1. The van der Waals surface area contributed by atoms with Gasteiger partial charge in [0, 0.05) is 12.7 Å². The van der Waals surface area contributed by atoms with Gasteiger partial charge in [0.05, 0.1) is 7.11 Å². The van der Waals surface area contributed by atoms with Crippen molar-refractivity contribution in [2.45, 2.75) is 19.8 Å². The Balaban J connectivity index is 2.65. The molecule has 2 amide bonds. The lowest BCUT2D eigenvalue weighted by molar-refractivity contribution is -0.0598. The number of urea groups is 1. The van der Waals surface area contributed by atoms with E-state index in [2.05, 4.69) is 19.2 Å². The highest BCUT2D eigenvalue weighted by Gasteiger charge is 2.07. The van der Waals surface area contributed by atoms with E-state index in [1.807, 2.05) is 24.3 Å². The SMILES string of the molecule is CON(C)C(=O)Nc1ccc(C(C)C)cc1. The van der Waals surface area contributed by atoms with Gasteiger partial charge in [0.2, 0.25) is 0 Å². The van der Waals surface area contributed by atoms with Gasteiger partial charge in [0.15, 0.2) is 0 Å². The minimum atomic E-state index is -0.292. The summed E-state index contributed by atoms with van der Waals surface area (Å²) in [6.07, 6.45) is 0. The molecule has 0 aliphatic carbocycles. The molecule has 4 nitrogen and oxygen atoms in total. The fraction of sp³-hybridized carbons (Fsp3) is 0.417. The van der Waals surface area contributed by atoms with Gasteiger partial charge in [-0.1, -0.05) is 26.0 Å². The quantitative estimate of drug-likeness (QED) is 0.799. The first-order valence-corrected chi connectivity index (χ1v) is 5.23. The Kier molecular flexibility index (Phi) is 4.31. The molecule has 1 N–H and O–H groups in total. The minimum absolute atomic E-state index is 0.292. The van der Waals surface area contributed by atoms with Crippen molar-refractivity contribution in [3.05, 3.63) is 29.8 Å². The maximum absolute atomic E-state index is 11.5. The van der Waals surface area contributed by atoms with E-state index in [0.29, 0.717) is 5.92 Å². The molecule has 0 bridgehead atoms. The molecule has 1 rings (SSSR count). The Bertz CT molecular complexity index is 347. The van der Waals surface area contributed by atoms with Crippen LogP contribution in [0.4, 0.5) is 10.5 Å². The third kappa shape index (κ3) is 3.24. The molecule has 1 aromatic rings. The van der Waals surface area contributed by atoms with Crippen LogP contribution in [0.1, 0.15) is 25.3 Å². The molecule has 0 unspecified atom stereocenters. The highest BCUT2D eigenvalue weighted by atomic mass is 16.7. The molecular formula is C12H18N2O2. The van der Waals surface area contributed by atoms with Gasteiger partial charge in [-0.2, -0.15) is 0 Å². The standard InChI is InChI=1S/C12H18N2O2/c1-9(2)10-5-7-11(8-6-10)13-12(15)14(3)16-4/h5-9H,1-4H3,(H,13,15). The molecule has 4 heteroatoms. The lowest BCUT2D eigenvalue weighted by atomic mass is 10.0. The Labute approximate surface area is 96.2 Å². The molecule has 0 heterocycles. The third-order valence-electron chi connectivity index (χ3n) is 2.39. The van der Waals surface area contributed by atoms with Gasteiger partial charge in [0.25, 0.3) is 0 Å². The summed E-state index contributed by atoms with van der Waals surface area (Å²) < 4.78 is 0. The first-order chi connectivity index (χ1) is 7.54. The normalized spacial score (nSPS) is 10.3. The average Bonchev–Trinajstić information content (AvgIpc) is 2.28. The summed E-state index contributed by atoms with van der Waals surface area (Å²) in [7, 11) is 3.00. The lowest BCUT2D eigenvalue weighted by Gasteiger charge is -2.15. The number of amides is 2. The van der Waals surface area contributed by atoms with E-state index in [1.54, 1.807) is 7.05 Å². The summed E-state index contributed by atoms with van der Waals surface area (Å²) in [5, 5.41) is 3.86. The Morgan fingerprint density at radius 2 is 1.88 bits per heavy atom. The number of hydrogen-bond acceptors (Lipinski definition) is 2. The Hall–Kier alpha value is -1.55. The maximum Gasteiger partial charge on any atom is 0.345 e. The van der Waals surface area contributed by atoms with E-state index in [-0.39, 0.29) is 6.03 Å². The number of hydroxylamine groups is 2. The molecule has 0 saturated carbocycles. The molecule has 16 heavy (non-hydrogen) atoms. The molecule has 88 valence electrons. The van der Waals surface area contributed by atoms with Crippen LogP contribution >= 0.6 is 0 Å². The van der Waals surface area contributed by atoms with Gasteiger partial charge < -0.3 is 5.32 Å². The Morgan fingerprint density at radius 3 is 2.31 bits per heavy atom. The van der Waals surface area contributed by atoms with Crippen molar-refractivity contribution in [2.24, 2.45) is 0 Å². The number of nitrogens with one attached hydrogen (secondary N) is 1. The molecule has 0 radical (unpaired) electrons. The second-order valence-corrected chi connectivity index (χ2v) is 3.89. The molecule has 0 aromatic heterocycles. The van der Waals surface area contributed by atoms with Crippen molar-refractivity contribution in [3.8, 4) is 0 Å². The predicted octanol–water partition coefficient (Wildman–Crippen LogP) is 2.84. The summed E-state index contributed by atoms with van der Waals surface area (Å²) in [4.78, 5) is 16.2. The molecule has 1 aromatic carbocycles. The van der Waals surface area contributed by atoms with Crippen molar-refractivity contribution < 1.29 is 9.63 Å². The summed E-state index contributed by atoms with van der Waals surface area (Å²) in [6.45, 7) is 4.26. The lowest BCUT2D eigenvalue weighted by Crippen LogP contribution is -2.30. The van der Waals surface area contributed by atoms with Gasteiger partial charge in [-0.3, -0.25) is 4.84 Å². The predicted molar refractivity (Wildman–Crippen MR) is 64.3 cm³/mol. The largest absolute Gasteiger partial charge is 0.345 e. The summed E-state index contributed by atoms with van der Waals surface area (Å²) >= 11 is 0. The van der Waals surface area contributed by atoms with Crippen LogP contribution in [-0.4, -0.2) is 25.3 Å².